The molecule has 1 amide bonds. The van der Waals surface area contributed by atoms with Crippen LogP contribution in [0.3, 0.4) is 0 Å². The second-order valence-electron chi connectivity index (χ2n) is 7.02. The second-order valence-corrected chi connectivity index (χ2v) is 9.00. The highest BCUT2D eigenvalue weighted by Gasteiger charge is 2.41. The van der Waals surface area contributed by atoms with Crippen molar-refractivity contribution in [1.82, 2.24) is 19.4 Å². The molecule has 3 saturated heterocycles. The number of hydrogen-bond acceptors (Lipinski definition) is 4. The molecule has 1 aromatic heterocycles. The Morgan fingerprint density at radius 2 is 2.04 bits per heavy atom. The molecule has 1 aromatic rings. The van der Waals surface area contributed by atoms with Gasteiger partial charge in [0.25, 0.3) is 5.91 Å². The highest BCUT2D eigenvalue weighted by molar-refractivity contribution is 7.88. The van der Waals surface area contributed by atoms with Gasteiger partial charge in [0.15, 0.2) is 5.69 Å². The van der Waals surface area contributed by atoms with Crippen LogP contribution in [0.1, 0.15) is 41.0 Å². The summed E-state index contributed by atoms with van der Waals surface area (Å²) in [5.41, 5.74) is 2.71. The number of nitrogens with one attached hydrogen (secondary N) is 1. The van der Waals surface area contributed by atoms with Crippen LogP contribution in [0.15, 0.2) is 0 Å². The molecule has 0 saturated carbocycles. The Morgan fingerprint density at radius 3 is 2.83 bits per heavy atom. The van der Waals surface area contributed by atoms with Gasteiger partial charge in [-0.2, -0.15) is 9.40 Å². The maximum absolute atomic E-state index is 13.0. The summed E-state index contributed by atoms with van der Waals surface area (Å²) in [5.74, 6) is 0.189. The zero-order valence-electron chi connectivity index (χ0n) is 13.3. The Bertz CT molecular complexity index is 742. The number of piperidine rings is 1. The number of hydrogen-bond donors (Lipinski definition) is 1. The quantitative estimate of drug-likeness (QED) is 0.845. The average molecular weight is 338 g/mol. The van der Waals surface area contributed by atoms with Gasteiger partial charge in [0.05, 0.1) is 6.26 Å². The van der Waals surface area contributed by atoms with E-state index in [1.54, 1.807) is 0 Å². The number of amides is 1. The standard InChI is InChI=1S/C15H22N4O3S/c1-23(21,22)18-7-10-5-6-11(9-18)19(8-10)15(20)14-12-3-2-4-13(12)16-17-14/h10-11H,2-9H2,1H3,(H,16,17)/t10-,11+/m0/s1. The molecule has 126 valence electrons. The first-order valence-corrected chi connectivity index (χ1v) is 10.1. The zero-order valence-corrected chi connectivity index (χ0v) is 14.1. The van der Waals surface area contributed by atoms with Crippen LogP contribution in [0, 0.1) is 5.92 Å². The van der Waals surface area contributed by atoms with E-state index in [2.05, 4.69) is 10.2 Å². The lowest BCUT2D eigenvalue weighted by Crippen LogP contribution is -2.48. The molecule has 0 unspecified atom stereocenters. The number of aromatic nitrogens is 2. The molecule has 23 heavy (non-hydrogen) atoms. The smallest absolute Gasteiger partial charge is 0.274 e. The Labute approximate surface area is 136 Å². The van der Waals surface area contributed by atoms with Gasteiger partial charge in [-0.1, -0.05) is 0 Å². The fraction of sp³-hybridized carbons (Fsp3) is 0.733. The van der Waals surface area contributed by atoms with Crippen molar-refractivity contribution < 1.29 is 13.2 Å². The first-order chi connectivity index (χ1) is 10.9. The Hall–Kier alpha value is -1.41. The molecule has 4 heterocycles. The van der Waals surface area contributed by atoms with Gasteiger partial charge in [0, 0.05) is 36.9 Å². The van der Waals surface area contributed by atoms with E-state index in [1.165, 1.54) is 10.6 Å². The van der Waals surface area contributed by atoms with E-state index in [0.717, 1.165) is 43.4 Å². The van der Waals surface area contributed by atoms with Crippen LogP contribution in [0.4, 0.5) is 0 Å². The number of sulfonamides is 1. The molecule has 0 spiro atoms. The van der Waals surface area contributed by atoms with E-state index >= 15 is 0 Å². The van der Waals surface area contributed by atoms with Crippen LogP contribution >= 0.6 is 0 Å². The van der Waals surface area contributed by atoms with E-state index in [9.17, 15) is 13.2 Å². The summed E-state index contributed by atoms with van der Waals surface area (Å²) in [7, 11) is -3.21. The molecule has 2 atom stereocenters. The van der Waals surface area contributed by atoms with Crippen LogP contribution in [-0.2, 0) is 22.9 Å². The molecule has 1 aliphatic carbocycles. The molecule has 0 radical (unpaired) electrons. The third kappa shape index (κ3) is 2.57. The third-order valence-corrected chi connectivity index (χ3v) is 6.65. The van der Waals surface area contributed by atoms with Crippen molar-refractivity contribution in [1.29, 1.82) is 0 Å². The van der Waals surface area contributed by atoms with Gasteiger partial charge < -0.3 is 4.90 Å². The first kappa shape index (κ1) is 15.1. The van der Waals surface area contributed by atoms with Gasteiger partial charge in [-0.05, 0) is 38.0 Å². The van der Waals surface area contributed by atoms with Crippen molar-refractivity contribution in [2.45, 2.75) is 38.1 Å². The molecule has 7 nitrogen and oxygen atoms in total. The summed E-state index contributed by atoms with van der Waals surface area (Å²) >= 11 is 0. The van der Waals surface area contributed by atoms with E-state index in [0.29, 0.717) is 25.3 Å². The van der Waals surface area contributed by atoms with Crippen LogP contribution in [0.5, 0.6) is 0 Å². The monoisotopic (exact) mass is 338 g/mol. The van der Waals surface area contributed by atoms with Gasteiger partial charge in [-0.25, -0.2) is 8.42 Å². The lowest BCUT2D eigenvalue weighted by atomic mass is 9.94. The summed E-state index contributed by atoms with van der Waals surface area (Å²) in [6.45, 7) is 1.57. The number of aromatic amines is 1. The Balaban J connectivity index is 1.61. The predicted octanol–water partition coefficient (Wildman–Crippen LogP) is 0.394. The van der Waals surface area contributed by atoms with Crippen molar-refractivity contribution in [3.05, 3.63) is 17.0 Å². The van der Waals surface area contributed by atoms with Gasteiger partial charge in [0.1, 0.15) is 0 Å². The second kappa shape index (κ2) is 5.31. The van der Waals surface area contributed by atoms with Crippen molar-refractivity contribution in [3.8, 4) is 0 Å². The summed E-state index contributed by atoms with van der Waals surface area (Å²) < 4.78 is 25.4. The number of carbonyl (C=O) groups excluding carboxylic acids is 1. The molecular formula is C15H22N4O3S. The molecule has 1 N–H and O–H groups in total. The molecule has 2 bridgehead atoms. The van der Waals surface area contributed by atoms with Crippen LogP contribution < -0.4 is 0 Å². The van der Waals surface area contributed by atoms with Crippen LogP contribution in [-0.4, -0.2) is 65.7 Å². The minimum Gasteiger partial charge on any atom is -0.333 e. The molecule has 8 heteroatoms. The number of nitrogens with zero attached hydrogens (tertiary/aromatic N) is 3. The van der Waals surface area contributed by atoms with Gasteiger partial charge in [-0.3, -0.25) is 9.89 Å². The van der Waals surface area contributed by atoms with Crippen LogP contribution in [0.25, 0.3) is 0 Å². The molecular weight excluding hydrogens is 316 g/mol. The molecule has 5 rings (SSSR count). The summed E-state index contributed by atoms with van der Waals surface area (Å²) in [4.78, 5) is 14.9. The maximum Gasteiger partial charge on any atom is 0.274 e. The fourth-order valence-corrected chi connectivity index (χ4v) is 5.12. The summed E-state index contributed by atoms with van der Waals surface area (Å²) in [5, 5.41) is 7.24. The number of H-pyrrole nitrogens is 1. The Kier molecular flexibility index (Phi) is 3.49. The largest absolute Gasteiger partial charge is 0.333 e. The number of aryl methyl sites for hydroxylation is 1. The molecule has 3 aliphatic heterocycles. The van der Waals surface area contributed by atoms with Crippen molar-refractivity contribution in [2.75, 3.05) is 25.9 Å². The van der Waals surface area contributed by atoms with E-state index in [-0.39, 0.29) is 17.9 Å². The van der Waals surface area contributed by atoms with Crippen molar-refractivity contribution in [2.24, 2.45) is 5.92 Å². The average Bonchev–Trinajstić information content (AvgIpc) is 2.97. The number of carbonyl (C=O) groups is 1. The molecule has 4 aliphatic rings. The van der Waals surface area contributed by atoms with Gasteiger partial charge in [-0.15, -0.1) is 0 Å². The van der Waals surface area contributed by atoms with Crippen molar-refractivity contribution in [3.63, 3.8) is 0 Å². The van der Waals surface area contributed by atoms with E-state index in [1.807, 2.05) is 4.90 Å². The zero-order chi connectivity index (χ0) is 16.2. The van der Waals surface area contributed by atoms with Gasteiger partial charge >= 0.3 is 0 Å². The van der Waals surface area contributed by atoms with Crippen molar-refractivity contribution >= 4 is 15.9 Å². The van der Waals surface area contributed by atoms with E-state index < -0.39 is 10.0 Å². The fourth-order valence-electron chi connectivity index (χ4n) is 4.19. The van der Waals surface area contributed by atoms with E-state index in [4.69, 9.17) is 0 Å². The topological polar surface area (TPSA) is 86.4 Å². The van der Waals surface area contributed by atoms with Crippen LogP contribution in [0.2, 0.25) is 0 Å². The maximum atomic E-state index is 13.0. The minimum absolute atomic E-state index is 0.0329. The highest BCUT2D eigenvalue weighted by atomic mass is 32.2. The van der Waals surface area contributed by atoms with Gasteiger partial charge in [0.2, 0.25) is 10.0 Å². The molecule has 0 aromatic carbocycles. The normalized spacial score (nSPS) is 28.0. The lowest BCUT2D eigenvalue weighted by molar-refractivity contribution is 0.0581. The number of fused-ring (bicyclic) bond motifs is 5. The molecule has 3 fully saturated rings. The lowest BCUT2D eigenvalue weighted by Gasteiger charge is -2.35. The summed E-state index contributed by atoms with van der Waals surface area (Å²) in [6.07, 6.45) is 6.05. The summed E-state index contributed by atoms with van der Waals surface area (Å²) in [6, 6.07) is -0.0373. The SMILES string of the molecule is CS(=O)(=O)N1C[C@@H]2CC[C@H](C1)N(C(=O)c1n[nH]c3c1CCC3)C2. The predicted molar refractivity (Wildman–Crippen MR) is 84.6 cm³/mol. The third-order valence-electron chi connectivity index (χ3n) is 5.42. The Morgan fingerprint density at radius 1 is 1.22 bits per heavy atom. The highest BCUT2D eigenvalue weighted by Crippen LogP contribution is 2.31. The number of rotatable bonds is 2. The minimum atomic E-state index is -3.21. The first-order valence-electron chi connectivity index (χ1n) is 8.25.